The molecular weight excluding hydrogens is 187 g/mol. The molecule has 0 radical (unpaired) electrons. The van der Waals surface area contributed by atoms with E-state index in [1.165, 1.54) is 11.8 Å². The van der Waals surface area contributed by atoms with Gasteiger partial charge in [-0.3, -0.25) is 0 Å². The van der Waals surface area contributed by atoms with Crippen molar-refractivity contribution >= 4 is 52.8 Å². The molecule has 0 heterocycles. The van der Waals surface area contributed by atoms with E-state index in [9.17, 15) is 0 Å². The van der Waals surface area contributed by atoms with Gasteiger partial charge in [0.15, 0.2) is 0 Å². The van der Waals surface area contributed by atoms with E-state index >= 15 is 0 Å². The molecular formula is C3H5NaS4. The van der Waals surface area contributed by atoms with Crippen molar-refractivity contribution in [2.24, 2.45) is 0 Å². The number of thiol groups is 1. The Morgan fingerprint density at radius 2 is 2.25 bits per heavy atom. The first kappa shape index (κ1) is 12.7. The third kappa shape index (κ3) is 10.9. The Balaban J connectivity index is 0. The van der Waals surface area contributed by atoms with E-state index in [2.05, 4.69) is 37.5 Å². The molecule has 0 aromatic rings. The fraction of sp³-hybridized carbons (Fsp3) is 0.667. The van der Waals surface area contributed by atoms with Gasteiger partial charge in [-0.05, 0) is 5.75 Å². The van der Waals surface area contributed by atoms with Crippen molar-refractivity contribution in [3.05, 3.63) is 0 Å². The molecule has 0 atom stereocenters. The number of hydrogen-bond acceptors (Lipinski definition) is 4. The zero-order valence-electron chi connectivity index (χ0n) is 4.59. The van der Waals surface area contributed by atoms with Crippen LogP contribution < -0.4 is 29.6 Å². The average Bonchev–Trinajstić information content (AvgIpc) is 1.61. The first-order valence-corrected chi connectivity index (χ1v) is 4.15. The summed E-state index contributed by atoms with van der Waals surface area (Å²) in [7, 11) is 0. The predicted molar refractivity (Wildman–Crippen MR) is 46.3 cm³/mol. The van der Waals surface area contributed by atoms with Crippen molar-refractivity contribution in [2.45, 2.75) is 0 Å². The smallest absolute Gasteiger partial charge is 0.422 e. The second kappa shape index (κ2) is 9.01. The maximum Gasteiger partial charge on any atom is 1.00 e. The minimum Gasteiger partial charge on any atom is -0.422 e. The largest absolute Gasteiger partial charge is 1.00 e. The van der Waals surface area contributed by atoms with E-state index in [0.29, 0.717) is 3.53 Å². The van der Waals surface area contributed by atoms with E-state index < -0.39 is 0 Å². The molecule has 8 heavy (non-hydrogen) atoms. The third-order valence-corrected chi connectivity index (χ3v) is 2.19. The summed E-state index contributed by atoms with van der Waals surface area (Å²) in [5.74, 6) is 1.78. The Bertz CT molecular complexity index is 64.3. The quantitative estimate of drug-likeness (QED) is 0.245. The third-order valence-electron chi connectivity index (χ3n) is 0.311. The van der Waals surface area contributed by atoms with Crippen molar-refractivity contribution < 1.29 is 29.6 Å². The molecule has 0 spiro atoms. The fourth-order valence-corrected chi connectivity index (χ4v) is 1.16. The van der Waals surface area contributed by atoms with Gasteiger partial charge in [0.25, 0.3) is 0 Å². The molecule has 0 aliphatic rings. The predicted octanol–water partition coefficient (Wildman–Crippen LogP) is -1.51. The molecule has 0 amide bonds. The summed E-state index contributed by atoms with van der Waals surface area (Å²) in [6.45, 7) is 0. The monoisotopic (exact) mass is 192 g/mol. The van der Waals surface area contributed by atoms with Crippen LogP contribution in [-0.4, -0.2) is 15.0 Å². The van der Waals surface area contributed by atoms with Crippen molar-refractivity contribution in [2.75, 3.05) is 11.5 Å². The second-order valence-corrected chi connectivity index (χ2v) is 3.97. The maximum absolute atomic E-state index is 4.60. The minimum absolute atomic E-state index is 0. The molecule has 5 heteroatoms. The molecule has 0 aromatic heterocycles. The Kier molecular flexibility index (Phi) is 14.3. The van der Waals surface area contributed by atoms with Crippen LogP contribution in [0.1, 0.15) is 0 Å². The summed E-state index contributed by atoms with van der Waals surface area (Å²) in [6.07, 6.45) is 0. The molecule has 0 fully saturated rings. The minimum atomic E-state index is 0. The summed E-state index contributed by atoms with van der Waals surface area (Å²) < 4.78 is 0.592. The van der Waals surface area contributed by atoms with Gasteiger partial charge >= 0.3 is 29.6 Å². The molecule has 0 aromatic carbocycles. The van der Waals surface area contributed by atoms with Crippen LogP contribution in [0, 0.1) is 0 Å². The van der Waals surface area contributed by atoms with Gasteiger partial charge in [0, 0.05) is 5.75 Å². The zero-order valence-corrected chi connectivity index (χ0v) is 9.93. The van der Waals surface area contributed by atoms with Crippen LogP contribution in [0.3, 0.4) is 0 Å². The normalized spacial score (nSPS) is 7.62. The summed E-state index contributed by atoms with van der Waals surface area (Å²) in [4.78, 5) is 0. The molecule has 0 bridgehead atoms. The molecule has 0 saturated heterocycles. The molecule has 0 aliphatic heterocycles. The molecule has 0 aliphatic carbocycles. The summed E-state index contributed by atoms with van der Waals surface area (Å²) in [6, 6.07) is 0. The number of thiocarbonyl (C=S) groups is 1. The van der Waals surface area contributed by atoms with Gasteiger partial charge in [-0.25, -0.2) is 0 Å². The van der Waals surface area contributed by atoms with E-state index in [0.717, 1.165) is 11.5 Å². The van der Waals surface area contributed by atoms with Gasteiger partial charge in [0.05, 0.1) is 0 Å². The molecule has 0 unspecified atom stereocenters. The fourth-order valence-electron chi connectivity index (χ4n) is 0.129. The second-order valence-electron chi connectivity index (χ2n) is 0.822. The van der Waals surface area contributed by atoms with Crippen molar-refractivity contribution in [3.8, 4) is 0 Å². The summed E-state index contributed by atoms with van der Waals surface area (Å²) >= 11 is 14.7. The Morgan fingerprint density at radius 3 is 2.38 bits per heavy atom. The van der Waals surface area contributed by atoms with Gasteiger partial charge in [-0.15, -0.1) is 11.8 Å². The van der Waals surface area contributed by atoms with E-state index in [1.807, 2.05) is 0 Å². The Morgan fingerprint density at radius 1 is 1.75 bits per heavy atom. The van der Waals surface area contributed by atoms with E-state index in [4.69, 9.17) is 0 Å². The maximum atomic E-state index is 4.60. The molecule has 0 N–H and O–H groups in total. The topological polar surface area (TPSA) is 0 Å². The molecule has 0 saturated carbocycles. The van der Waals surface area contributed by atoms with Gasteiger partial charge in [-0.2, -0.15) is 12.6 Å². The zero-order chi connectivity index (χ0) is 5.70. The van der Waals surface area contributed by atoms with Gasteiger partial charge in [0.2, 0.25) is 0 Å². The SMILES string of the molecule is S=C([S-])SCCS.[Na+]. The van der Waals surface area contributed by atoms with Crippen LogP contribution in [0.15, 0.2) is 0 Å². The van der Waals surface area contributed by atoms with Crippen LogP contribution >= 0.6 is 36.6 Å². The molecule has 42 valence electrons. The standard InChI is InChI=1S/C3H6S4.Na/c4-1-2-7-3(5)6;/h4H,1-2H2,(H,5,6);/q;+1/p-1. The number of hydrogen-bond donors (Lipinski definition) is 1. The van der Waals surface area contributed by atoms with Crippen LogP contribution in [0.25, 0.3) is 0 Å². The van der Waals surface area contributed by atoms with E-state index in [-0.39, 0.29) is 29.6 Å². The van der Waals surface area contributed by atoms with Crippen LogP contribution in [0.4, 0.5) is 0 Å². The van der Waals surface area contributed by atoms with Crippen LogP contribution in [-0.2, 0) is 12.6 Å². The van der Waals surface area contributed by atoms with Crippen molar-refractivity contribution in [1.29, 1.82) is 0 Å². The molecule has 0 nitrogen and oxygen atoms in total. The van der Waals surface area contributed by atoms with E-state index in [1.54, 1.807) is 0 Å². The van der Waals surface area contributed by atoms with Gasteiger partial charge in [0.1, 0.15) is 0 Å². The first-order valence-electron chi connectivity index (χ1n) is 1.72. The summed E-state index contributed by atoms with van der Waals surface area (Å²) in [5, 5.41) is 0. The first-order chi connectivity index (χ1) is 3.27. The van der Waals surface area contributed by atoms with Crippen LogP contribution in [0.2, 0.25) is 0 Å². The Hall–Kier alpha value is 2.01. The van der Waals surface area contributed by atoms with Crippen molar-refractivity contribution in [1.82, 2.24) is 0 Å². The number of rotatable bonds is 2. The Labute approximate surface area is 92.7 Å². The summed E-state index contributed by atoms with van der Waals surface area (Å²) in [5.41, 5.74) is 0. The van der Waals surface area contributed by atoms with Gasteiger partial charge in [-0.1, -0.05) is 3.53 Å². The molecule has 0 rings (SSSR count). The van der Waals surface area contributed by atoms with Crippen LogP contribution in [0.5, 0.6) is 0 Å². The van der Waals surface area contributed by atoms with Gasteiger partial charge < -0.3 is 24.8 Å². The number of thioether (sulfide) groups is 1. The average molecular weight is 192 g/mol. The van der Waals surface area contributed by atoms with Crippen molar-refractivity contribution in [3.63, 3.8) is 0 Å².